The topological polar surface area (TPSA) is 63.2 Å². The van der Waals surface area contributed by atoms with Gasteiger partial charge in [-0.15, -0.1) is 11.6 Å². The number of benzene rings is 1. The van der Waals surface area contributed by atoms with Gasteiger partial charge in [-0.2, -0.15) is 0 Å². The number of hydrogen-bond acceptors (Lipinski definition) is 3. The maximum Gasteiger partial charge on any atom is 0.238 e. The minimum absolute atomic E-state index is 0.242. The normalized spacial score (nSPS) is 23.7. The van der Waals surface area contributed by atoms with E-state index in [-0.39, 0.29) is 11.4 Å². The average molecular weight is 302 g/mol. The van der Waals surface area contributed by atoms with E-state index < -0.39 is 21.0 Å². The summed E-state index contributed by atoms with van der Waals surface area (Å²) in [5, 5.41) is 1.43. The molecule has 0 aliphatic heterocycles. The number of hydrogen-bond donors (Lipinski definition) is 1. The van der Waals surface area contributed by atoms with Crippen LogP contribution in [0.3, 0.4) is 0 Å². The maximum absolute atomic E-state index is 12.0. The van der Waals surface area contributed by atoms with Crippen LogP contribution in [0.25, 0.3) is 0 Å². The lowest BCUT2D eigenvalue weighted by atomic mass is 10.1. The van der Waals surface area contributed by atoms with E-state index in [0.717, 1.165) is 17.4 Å². The van der Waals surface area contributed by atoms with Crippen molar-refractivity contribution in [3.63, 3.8) is 0 Å². The number of rotatable bonds is 3. The molecule has 4 nitrogen and oxygen atoms in total. The zero-order valence-electron chi connectivity index (χ0n) is 10.8. The average Bonchev–Trinajstić information content (AvgIpc) is 2.64. The summed E-state index contributed by atoms with van der Waals surface area (Å²) in [6, 6.07) is 7.36. The van der Waals surface area contributed by atoms with Crippen LogP contribution in [0, 0.1) is 0 Å². The van der Waals surface area contributed by atoms with Gasteiger partial charge in [0.25, 0.3) is 0 Å². The van der Waals surface area contributed by atoms with Gasteiger partial charge in [-0.05, 0) is 24.5 Å². The van der Waals surface area contributed by atoms with Gasteiger partial charge in [-0.1, -0.05) is 24.3 Å². The summed E-state index contributed by atoms with van der Waals surface area (Å²) in [6.45, 7) is 1.38. The fraction of sp³-hybridized carbons (Fsp3) is 0.462. The van der Waals surface area contributed by atoms with Crippen LogP contribution in [0.2, 0.25) is 0 Å². The number of halogens is 1. The van der Waals surface area contributed by atoms with Crippen LogP contribution in [-0.2, 0) is 21.1 Å². The van der Waals surface area contributed by atoms with Gasteiger partial charge in [0.15, 0.2) is 9.84 Å². The molecule has 1 aromatic carbocycles. The first-order valence-corrected chi connectivity index (χ1v) is 8.41. The van der Waals surface area contributed by atoms with Crippen molar-refractivity contribution >= 4 is 27.3 Å². The third-order valence-corrected chi connectivity index (χ3v) is 5.38. The minimum Gasteiger partial charge on any atom is -0.347 e. The number of carbonyl (C=O) groups is 1. The van der Waals surface area contributed by atoms with Crippen molar-refractivity contribution in [1.82, 2.24) is 5.32 Å². The first-order valence-electron chi connectivity index (χ1n) is 6.02. The highest BCUT2D eigenvalue weighted by Gasteiger charge is 2.34. The number of fused-ring (bicyclic) bond motifs is 1. The Balaban J connectivity index is 2.18. The fourth-order valence-corrected chi connectivity index (χ4v) is 3.00. The minimum atomic E-state index is -3.39. The van der Waals surface area contributed by atoms with E-state index in [0.29, 0.717) is 6.42 Å². The van der Waals surface area contributed by atoms with Gasteiger partial charge in [-0.3, -0.25) is 4.79 Å². The molecule has 0 fully saturated rings. The summed E-state index contributed by atoms with van der Waals surface area (Å²) in [6.07, 6.45) is 1.73. The van der Waals surface area contributed by atoms with E-state index >= 15 is 0 Å². The molecule has 0 saturated heterocycles. The second-order valence-corrected chi connectivity index (χ2v) is 7.80. The van der Waals surface area contributed by atoms with Gasteiger partial charge >= 0.3 is 0 Å². The molecule has 1 aromatic rings. The second-order valence-electron chi connectivity index (χ2n) is 4.88. The van der Waals surface area contributed by atoms with Gasteiger partial charge < -0.3 is 5.32 Å². The Bertz CT molecular complexity index is 600. The third-order valence-electron chi connectivity index (χ3n) is 3.48. The number of nitrogens with one attached hydrogen (secondary N) is 1. The van der Waals surface area contributed by atoms with Crippen LogP contribution in [0.1, 0.15) is 24.1 Å². The first-order chi connectivity index (χ1) is 8.80. The Labute approximate surface area is 118 Å². The molecule has 0 saturated carbocycles. The molecule has 3 atom stereocenters. The van der Waals surface area contributed by atoms with Crippen LogP contribution >= 0.6 is 11.6 Å². The standard InChI is InChI=1S/C13H16ClNO3S/c1-8(19(2,17)18)13(16)15-12-10-6-4-3-5-9(10)7-11(12)14/h3-6,8,11-12H,7H2,1-2H3,(H,15,16). The van der Waals surface area contributed by atoms with Crippen LogP contribution < -0.4 is 5.32 Å². The molecule has 19 heavy (non-hydrogen) atoms. The molecule has 104 valence electrons. The third kappa shape index (κ3) is 2.92. The summed E-state index contributed by atoms with van der Waals surface area (Å²) < 4.78 is 22.8. The largest absolute Gasteiger partial charge is 0.347 e. The monoisotopic (exact) mass is 301 g/mol. The van der Waals surface area contributed by atoms with Crippen molar-refractivity contribution in [2.45, 2.75) is 30.0 Å². The van der Waals surface area contributed by atoms with Crippen molar-refractivity contribution in [2.75, 3.05) is 6.26 Å². The lowest BCUT2D eigenvalue weighted by molar-refractivity contribution is -0.121. The van der Waals surface area contributed by atoms with Crippen molar-refractivity contribution in [1.29, 1.82) is 0 Å². The van der Waals surface area contributed by atoms with Gasteiger partial charge in [0.05, 0.1) is 11.4 Å². The van der Waals surface area contributed by atoms with Crippen LogP contribution in [0.5, 0.6) is 0 Å². The summed E-state index contributed by atoms with van der Waals surface area (Å²) in [5.74, 6) is -0.505. The van der Waals surface area contributed by atoms with E-state index in [1.165, 1.54) is 6.92 Å². The van der Waals surface area contributed by atoms with Gasteiger partial charge in [0.2, 0.25) is 5.91 Å². The number of carbonyl (C=O) groups excluding carboxylic acids is 1. The molecular formula is C13H16ClNO3S. The molecule has 0 spiro atoms. The van der Waals surface area contributed by atoms with Crippen molar-refractivity contribution in [2.24, 2.45) is 0 Å². The number of sulfone groups is 1. The lowest BCUT2D eigenvalue weighted by Gasteiger charge is -2.19. The van der Waals surface area contributed by atoms with E-state index in [2.05, 4.69) is 5.32 Å². The molecule has 1 N–H and O–H groups in total. The van der Waals surface area contributed by atoms with E-state index in [1.807, 2.05) is 24.3 Å². The Kier molecular flexibility index (Phi) is 3.87. The van der Waals surface area contributed by atoms with Crippen molar-refractivity contribution < 1.29 is 13.2 Å². The van der Waals surface area contributed by atoms with Crippen LogP contribution in [0.4, 0.5) is 0 Å². The molecule has 0 bridgehead atoms. The molecule has 6 heteroatoms. The van der Waals surface area contributed by atoms with Gasteiger partial charge in [0.1, 0.15) is 5.25 Å². The molecule has 1 amide bonds. The molecule has 1 aliphatic carbocycles. The van der Waals surface area contributed by atoms with Crippen molar-refractivity contribution in [3.8, 4) is 0 Å². The quantitative estimate of drug-likeness (QED) is 0.859. The van der Waals surface area contributed by atoms with E-state index in [9.17, 15) is 13.2 Å². The highest BCUT2D eigenvalue weighted by Crippen LogP contribution is 2.34. The summed E-state index contributed by atoms with van der Waals surface area (Å²) >= 11 is 6.24. The molecule has 2 rings (SSSR count). The first kappa shape index (κ1) is 14.3. The summed E-state index contributed by atoms with van der Waals surface area (Å²) in [7, 11) is -3.39. The Morgan fingerprint density at radius 3 is 2.68 bits per heavy atom. The lowest BCUT2D eigenvalue weighted by Crippen LogP contribution is -2.41. The SMILES string of the molecule is CC(C(=O)NC1c2ccccc2CC1Cl)S(C)(=O)=O. The maximum atomic E-state index is 12.0. The predicted octanol–water partition coefficient (Wildman–Crippen LogP) is 1.44. The smallest absolute Gasteiger partial charge is 0.238 e. The second kappa shape index (κ2) is 5.13. The zero-order valence-corrected chi connectivity index (χ0v) is 12.3. The molecule has 0 radical (unpaired) electrons. The highest BCUT2D eigenvalue weighted by atomic mass is 35.5. The van der Waals surface area contributed by atoms with Gasteiger partial charge in [-0.25, -0.2) is 8.42 Å². The number of alkyl halides is 1. The highest BCUT2D eigenvalue weighted by molar-refractivity contribution is 7.92. The van der Waals surface area contributed by atoms with E-state index in [1.54, 1.807) is 0 Å². The molecule has 0 aromatic heterocycles. The predicted molar refractivity (Wildman–Crippen MR) is 75.0 cm³/mol. The van der Waals surface area contributed by atoms with Gasteiger partial charge in [0, 0.05) is 6.26 Å². The Morgan fingerprint density at radius 1 is 1.42 bits per heavy atom. The fourth-order valence-electron chi connectivity index (χ4n) is 2.18. The molecular weight excluding hydrogens is 286 g/mol. The van der Waals surface area contributed by atoms with Crippen LogP contribution in [-0.4, -0.2) is 31.2 Å². The summed E-state index contributed by atoms with van der Waals surface area (Å²) in [5.41, 5.74) is 2.07. The number of amides is 1. The molecule has 1 aliphatic rings. The molecule has 0 heterocycles. The van der Waals surface area contributed by atoms with Crippen LogP contribution in [0.15, 0.2) is 24.3 Å². The Hall–Kier alpha value is -1.07. The molecule has 3 unspecified atom stereocenters. The zero-order chi connectivity index (χ0) is 14.2. The Morgan fingerprint density at radius 2 is 2.05 bits per heavy atom. The van der Waals surface area contributed by atoms with Crippen molar-refractivity contribution in [3.05, 3.63) is 35.4 Å². The summed E-state index contributed by atoms with van der Waals surface area (Å²) in [4.78, 5) is 12.0. The van der Waals surface area contributed by atoms with E-state index in [4.69, 9.17) is 11.6 Å².